The zero-order valence-corrected chi connectivity index (χ0v) is 7.60. The van der Waals surface area contributed by atoms with Crippen LogP contribution in [0.5, 0.6) is 0 Å². The van der Waals surface area contributed by atoms with Gasteiger partial charge in [0.05, 0.1) is 11.6 Å². The quantitative estimate of drug-likeness (QED) is 0.680. The molecule has 0 amide bonds. The molecule has 0 aliphatic heterocycles. The lowest BCUT2D eigenvalue weighted by Crippen LogP contribution is -2.00. The summed E-state index contributed by atoms with van der Waals surface area (Å²) >= 11 is 0. The smallest absolute Gasteiger partial charge is 0.178 e. The highest BCUT2D eigenvalue weighted by molar-refractivity contribution is 7.90. The van der Waals surface area contributed by atoms with Crippen LogP contribution < -0.4 is 0 Å². The molecule has 1 rings (SSSR count). The topological polar surface area (TPSA) is 57.9 Å². The van der Waals surface area contributed by atoms with Gasteiger partial charge in [-0.15, -0.1) is 0 Å². The molecule has 0 heterocycles. The summed E-state index contributed by atoms with van der Waals surface area (Å²) < 4.78 is 34.9. The Morgan fingerprint density at radius 3 is 2.54 bits per heavy atom. The molecule has 1 aromatic rings. The van der Waals surface area contributed by atoms with Crippen LogP contribution in [-0.4, -0.2) is 14.7 Å². The van der Waals surface area contributed by atoms with Crippen molar-refractivity contribution in [3.05, 3.63) is 29.6 Å². The lowest BCUT2D eigenvalue weighted by molar-refractivity contribution is 0.570. The molecule has 13 heavy (non-hydrogen) atoms. The van der Waals surface area contributed by atoms with Gasteiger partial charge in [0.15, 0.2) is 9.84 Å². The maximum Gasteiger partial charge on any atom is 0.178 e. The zero-order chi connectivity index (χ0) is 10.1. The highest BCUT2D eigenvalue weighted by Gasteiger charge is 2.13. The number of halogens is 1. The summed E-state index contributed by atoms with van der Waals surface area (Å²) in [4.78, 5) is -0.438. The van der Waals surface area contributed by atoms with Crippen molar-refractivity contribution in [1.29, 1.82) is 5.26 Å². The summed E-state index contributed by atoms with van der Waals surface area (Å²) in [5.74, 6) is -0.832. The molecule has 0 saturated heterocycles. The first kappa shape index (κ1) is 9.68. The average molecular weight is 199 g/mol. The van der Waals surface area contributed by atoms with Gasteiger partial charge in [-0.3, -0.25) is 0 Å². The van der Waals surface area contributed by atoms with Crippen LogP contribution in [0.1, 0.15) is 5.56 Å². The molecule has 0 unspecified atom stereocenters. The van der Waals surface area contributed by atoms with E-state index < -0.39 is 20.5 Å². The molecular formula is C8H6FNO2S. The molecule has 68 valence electrons. The minimum Gasteiger partial charge on any atom is -0.224 e. The van der Waals surface area contributed by atoms with Crippen molar-refractivity contribution in [2.45, 2.75) is 4.90 Å². The number of hydrogen-bond donors (Lipinski definition) is 0. The second-order valence-corrected chi connectivity index (χ2v) is 4.51. The highest BCUT2D eigenvalue weighted by atomic mass is 32.2. The number of nitriles is 1. The molecule has 3 nitrogen and oxygen atoms in total. The van der Waals surface area contributed by atoms with Crippen LogP contribution in [0.2, 0.25) is 0 Å². The molecule has 5 heteroatoms. The Bertz CT molecular complexity index is 473. The Morgan fingerprint density at radius 2 is 2.08 bits per heavy atom. The van der Waals surface area contributed by atoms with E-state index in [0.717, 1.165) is 18.4 Å². The molecule has 0 aliphatic rings. The van der Waals surface area contributed by atoms with E-state index in [0.29, 0.717) is 0 Å². The van der Waals surface area contributed by atoms with Gasteiger partial charge in [0.25, 0.3) is 0 Å². The van der Waals surface area contributed by atoms with Crippen LogP contribution in [0.4, 0.5) is 4.39 Å². The van der Waals surface area contributed by atoms with Crippen LogP contribution >= 0.6 is 0 Å². The standard InChI is InChI=1S/C8H6FNO2S/c1-13(11,12)8-4-6(5-10)2-3-7(8)9/h2-4H,1H3. The summed E-state index contributed by atoms with van der Waals surface area (Å²) in [5, 5.41) is 8.45. The zero-order valence-electron chi connectivity index (χ0n) is 6.78. The van der Waals surface area contributed by atoms with Crippen molar-refractivity contribution in [3.8, 4) is 6.07 Å². The summed E-state index contributed by atoms with van der Waals surface area (Å²) in [6.45, 7) is 0. The largest absolute Gasteiger partial charge is 0.224 e. The van der Waals surface area contributed by atoms with E-state index in [2.05, 4.69) is 0 Å². The van der Waals surface area contributed by atoms with Crippen LogP contribution in [0.25, 0.3) is 0 Å². The first-order valence-corrected chi connectivity index (χ1v) is 5.24. The summed E-state index contributed by atoms with van der Waals surface area (Å²) in [7, 11) is -3.59. The Hall–Kier alpha value is -1.41. The molecule has 1 aromatic carbocycles. The van der Waals surface area contributed by atoms with Crippen LogP contribution in [0.3, 0.4) is 0 Å². The fraction of sp³-hybridized carbons (Fsp3) is 0.125. The first-order chi connectivity index (χ1) is 5.95. The molecular weight excluding hydrogens is 193 g/mol. The van der Waals surface area contributed by atoms with Gasteiger partial charge in [-0.1, -0.05) is 0 Å². The fourth-order valence-corrected chi connectivity index (χ4v) is 1.62. The van der Waals surface area contributed by atoms with Gasteiger partial charge in [0.2, 0.25) is 0 Å². The van der Waals surface area contributed by atoms with Gasteiger partial charge in [-0.25, -0.2) is 12.8 Å². The summed E-state index contributed by atoms with van der Waals surface area (Å²) in [6.07, 6.45) is 0.895. The van der Waals surface area contributed by atoms with Gasteiger partial charge in [-0.05, 0) is 18.2 Å². The van der Waals surface area contributed by atoms with Gasteiger partial charge in [0.1, 0.15) is 10.7 Å². The predicted octanol–water partition coefficient (Wildman–Crippen LogP) is 1.10. The van der Waals surface area contributed by atoms with E-state index in [1.54, 1.807) is 6.07 Å². The second-order valence-electron chi connectivity index (χ2n) is 2.53. The molecule has 0 N–H and O–H groups in total. The lowest BCUT2D eigenvalue weighted by atomic mass is 10.2. The van der Waals surface area contributed by atoms with Crippen LogP contribution in [0.15, 0.2) is 23.1 Å². The average Bonchev–Trinajstić information content (AvgIpc) is 2.03. The van der Waals surface area contributed by atoms with Crippen molar-refractivity contribution in [2.75, 3.05) is 6.26 Å². The van der Waals surface area contributed by atoms with Gasteiger partial charge in [0, 0.05) is 6.26 Å². The SMILES string of the molecule is CS(=O)(=O)c1cc(C#N)ccc1F. The van der Waals surface area contributed by atoms with E-state index in [1.165, 1.54) is 6.07 Å². The van der Waals surface area contributed by atoms with Crippen molar-refractivity contribution in [1.82, 2.24) is 0 Å². The Morgan fingerprint density at radius 1 is 1.46 bits per heavy atom. The summed E-state index contributed by atoms with van der Waals surface area (Å²) in [6, 6.07) is 4.95. The number of benzene rings is 1. The van der Waals surface area contributed by atoms with Crippen molar-refractivity contribution < 1.29 is 12.8 Å². The van der Waals surface area contributed by atoms with Crippen molar-refractivity contribution >= 4 is 9.84 Å². The highest BCUT2D eigenvalue weighted by Crippen LogP contribution is 2.15. The van der Waals surface area contributed by atoms with Crippen LogP contribution in [0, 0.1) is 17.1 Å². The Labute approximate surface area is 75.3 Å². The number of hydrogen-bond acceptors (Lipinski definition) is 3. The van der Waals surface area contributed by atoms with Crippen LogP contribution in [-0.2, 0) is 9.84 Å². The molecule has 0 bridgehead atoms. The summed E-state index contributed by atoms with van der Waals surface area (Å²) in [5.41, 5.74) is 0.127. The second kappa shape index (κ2) is 3.15. The Balaban J connectivity index is 3.47. The van der Waals surface area contributed by atoms with Gasteiger partial charge >= 0.3 is 0 Å². The molecule has 0 radical (unpaired) electrons. The van der Waals surface area contributed by atoms with Crippen molar-refractivity contribution in [2.24, 2.45) is 0 Å². The van der Waals surface area contributed by atoms with Crippen molar-refractivity contribution in [3.63, 3.8) is 0 Å². The van der Waals surface area contributed by atoms with Gasteiger partial charge in [-0.2, -0.15) is 5.26 Å². The predicted molar refractivity (Wildman–Crippen MR) is 44.2 cm³/mol. The minimum absolute atomic E-state index is 0.127. The van der Waals surface area contributed by atoms with E-state index in [1.807, 2.05) is 0 Å². The third-order valence-electron chi connectivity index (χ3n) is 1.46. The number of sulfone groups is 1. The maximum atomic E-state index is 12.9. The van der Waals surface area contributed by atoms with E-state index in [9.17, 15) is 12.8 Å². The first-order valence-electron chi connectivity index (χ1n) is 3.35. The number of nitrogens with zero attached hydrogens (tertiary/aromatic N) is 1. The molecule has 0 aliphatic carbocycles. The molecule has 0 atom stereocenters. The minimum atomic E-state index is -3.59. The Kier molecular flexibility index (Phi) is 2.34. The molecule has 0 aromatic heterocycles. The lowest BCUT2D eigenvalue weighted by Gasteiger charge is -1.99. The molecule has 0 fully saturated rings. The van der Waals surface area contributed by atoms with E-state index in [4.69, 9.17) is 5.26 Å². The maximum absolute atomic E-state index is 12.9. The monoisotopic (exact) mass is 199 g/mol. The third kappa shape index (κ3) is 2.04. The fourth-order valence-electron chi connectivity index (χ4n) is 0.857. The van der Waals surface area contributed by atoms with E-state index >= 15 is 0 Å². The number of rotatable bonds is 1. The van der Waals surface area contributed by atoms with E-state index in [-0.39, 0.29) is 5.56 Å². The van der Waals surface area contributed by atoms with Gasteiger partial charge < -0.3 is 0 Å². The molecule has 0 spiro atoms. The third-order valence-corrected chi connectivity index (χ3v) is 2.57. The molecule has 0 saturated carbocycles. The normalized spacial score (nSPS) is 10.8.